The fourth-order valence-corrected chi connectivity index (χ4v) is 4.76. The molecule has 0 radical (unpaired) electrons. The second-order valence-electron chi connectivity index (χ2n) is 9.42. The summed E-state index contributed by atoms with van der Waals surface area (Å²) in [5.41, 5.74) is -0.849. The fourth-order valence-electron chi connectivity index (χ4n) is 4.59. The number of anilines is 2. The Hall–Kier alpha value is -3.65. The summed E-state index contributed by atoms with van der Waals surface area (Å²) in [6.07, 6.45) is 0.528. The van der Waals surface area contributed by atoms with Gasteiger partial charge in [0.1, 0.15) is 11.0 Å². The number of carbonyl (C=O) groups excluding carboxylic acids is 4. The Bertz CT molecular complexity index is 1290. The van der Waals surface area contributed by atoms with Crippen molar-refractivity contribution in [2.24, 2.45) is 0 Å². The van der Waals surface area contributed by atoms with Crippen LogP contribution >= 0.6 is 11.6 Å². The molecule has 2 aromatic carbocycles. The number of imide groups is 1. The van der Waals surface area contributed by atoms with E-state index in [1.54, 1.807) is 63.2 Å². The van der Waals surface area contributed by atoms with E-state index >= 15 is 0 Å². The summed E-state index contributed by atoms with van der Waals surface area (Å²) in [4.78, 5) is 55.4. The molecule has 0 aromatic heterocycles. The van der Waals surface area contributed by atoms with Crippen LogP contribution in [0.15, 0.2) is 54.2 Å². The molecule has 2 aliphatic heterocycles. The van der Waals surface area contributed by atoms with Gasteiger partial charge in [-0.15, -0.1) is 0 Å². The van der Waals surface area contributed by atoms with E-state index in [-0.39, 0.29) is 12.0 Å². The lowest BCUT2D eigenvalue weighted by Crippen LogP contribution is -2.47. The Kier molecular flexibility index (Phi) is 5.97. The maximum Gasteiger partial charge on any atom is 0.418 e. The van der Waals surface area contributed by atoms with Crippen LogP contribution in [0.1, 0.15) is 38.8 Å². The van der Waals surface area contributed by atoms with Crippen molar-refractivity contribution in [2.75, 3.05) is 16.9 Å². The van der Waals surface area contributed by atoms with Crippen molar-refractivity contribution >= 4 is 46.9 Å². The Labute approximate surface area is 208 Å². The highest BCUT2D eigenvalue weighted by Crippen LogP contribution is 2.52. The van der Waals surface area contributed by atoms with Gasteiger partial charge in [-0.05, 0) is 62.6 Å². The van der Waals surface area contributed by atoms with Gasteiger partial charge in [0.2, 0.25) is 11.8 Å². The molecule has 2 aromatic rings. The molecule has 0 bridgehead atoms. The zero-order valence-corrected chi connectivity index (χ0v) is 20.8. The van der Waals surface area contributed by atoms with Crippen molar-refractivity contribution in [3.63, 3.8) is 0 Å². The Morgan fingerprint density at radius 2 is 1.74 bits per heavy atom. The zero-order valence-electron chi connectivity index (χ0n) is 20.0. The van der Waals surface area contributed by atoms with Gasteiger partial charge in [-0.3, -0.25) is 14.5 Å². The summed E-state index contributed by atoms with van der Waals surface area (Å²) in [6.45, 7) is 6.45. The largest absolute Gasteiger partial charge is 0.466 e. The summed E-state index contributed by atoms with van der Waals surface area (Å²) in [5.74, 6) is -1.96. The van der Waals surface area contributed by atoms with E-state index in [1.807, 2.05) is 0 Å². The Balaban J connectivity index is 2.07. The van der Waals surface area contributed by atoms with Crippen molar-refractivity contribution < 1.29 is 28.7 Å². The van der Waals surface area contributed by atoms with E-state index in [0.29, 0.717) is 27.5 Å². The molecule has 4 rings (SSSR count). The van der Waals surface area contributed by atoms with Gasteiger partial charge >= 0.3 is 12.1 Å². The maximum atomic E-state index is 14.1. The smallest absolute Gasteiger partial charge is 0.418 e. The predicted molar refractivity (Wildman–Crippen MR) is 130 cm³/mol. The number of halogens is 1. The second kappa shape index (κ2) is 8.53. The minimum absolute atomic E-state index is 0.0145. The number of rotatable bonds is 1. The summed E-state index contributed by atoms with van der Waals surface area (Å²) >= 11 is 6.32. The van der Waals surface area contributed by atoms with Crippen LogP contribution in [0.3, 0.4) is 0 Å². The van der Waals surface area contributed by atoms with E-state index in [2.05, 4.69) is 0 Å². The van der Waals surface area contributed by atoms with Gasteiger partial charge in [-0.1, -0.05) is 29.8 Å². The third-order valence-corrected chi connectivity index (χ3v) is 6.20. The number of esters is 1. The molecule has 1 unspecified atom stereocenters. The van der Waals surface area contributed by atoms with Gasteiger partial charge in [0.15, 0.2) is 0 Å². The molecule has 35 heavy (non-hydrogen) atoms. The number of methoxy groups -OCH3 is 1. The number of fused-ring (bicyclic) bond motifs is 3. The molecular weight excluding hydrogens is 472 g/mol. The first kappa shape index (κ1) is 24.5. The minimum Gasteiger partial charge on any atom is -0.466 e. The van der Waals surface area contributed by atoms with Crippen molar-refractivity contribution in [1.82, 2.24) is 0 Å². The van der Waals surface area contributed by atoms with Gasteiger partial charge < -0.3 is 9.47 Å². The van der Waals surface area contributed by atoms with Crippen LogP contribution in [0.25, 0.3) is 0 Å². The van der Waals surface area contributed by atoms with Crippen LogP contribution in [-0.2, 0) is 35.7 Å². The van der Waals surface area contributed by atoms with Crippen molar-refractivity contribution in [3.05, 3.63) is 70.4 Å². The van der Waals surface area contributed by atoms with E-state index in [4.69, 9.17) is 21.1 Å². The van der Waals surface area contributed by atoms with E-state index in [0.717, 1.165) is 4.90 Å². The second-order valence-corrected chi connectivity index (χ2v) is 9.85. The van der Waals surface area contributed by atoms with Crippen molar-refractivity contribution in [3.8, 4) is 0 Å². The molecule has 2 heterocycles. The Morgan fingerprint density at radius 1 is 1.06 bits per heavy atom. The topological polar surface area (TPSA) is 93.2 Å². The highest BCUT2D eigenvalue weighted by molar-refractivity contribution is 6.32. The number of carbonyl (C=O) groups is 4. The molecule has 3 amide bonds. The minimum atomic E-state index is -1.66. The summed E-state index contributed by atoms with van der Waals surface area (Å²) in [7, 11) is 1.19. The molecule has 0 N–H and O–H groups in total. The summed E-state index contributed by atoms with van der Waals surface area (Å²) in [6, 6.07) is 11.7. The monoisotopic (exact) mass is 496 g/mol. The van der Waals surface area contributed by atoms with E-state index < -0.39 is 34.9 Å². The van der Waals surface area contributed by atoms with Gasteiger partial charge in [0.05, 0.1) is 24.1 Å². The number of hydrogen-bond acceptors (Lipinski definition) is 6. The van der Waals surface area contributed by atoms with Crippen LogP contribution in [0.4, 0.5) is 16.2 Å². The maximum absolute atomic E-state index is 14.1. The lowest BCUT2D eigenvalue weighted by molar-refractivity contribution is -0.139. The molecule has 1 atom stereocenters. The highest BCUT2D eigenvalue weighted by Gasteiger charge is 2.58. The zero-order chi connectivity index (χ0) is 25.7. The molecule has 0 fully saturated rings. The normalized spacial score (nSPS) is 19.0. The van der Waals surface area contributed by atoms with E-state index in [9.17, 15) is 19.2 Å². The van der Waals surface area contributed by atoms with Gasteiger partial charge in [0, 0.05) is 18.1 Å². The van der Waals surface area contributed by atoms with Gasteiger partial charge in [-0.2, -0.15) is 0 Å². The molecule has 9 heteroatoms. The number of para-hydroxylation sites is 1. The van der Waals surface area contributed by atoms with Crippen LogP contribution in [-0.4, -0.2) is 36.6 Å². The molecule has 0 saturated carbocycles. The van der Waals surface area contributed by atoms with Crippen molar-refractivity contribution in [2.45, 2.75) is 45.1 Å². The molecule has 1 spiro atoms. The number of nitrogens with zero attached hydrogens (tertiary/aromatic N) is 2. The molecule has 2 aliphatic rings. The molecular formula is C26H25ClN2O6. The lowest BCUT2D eigenvalue weighted by atomic mass is 9.71. The standard InChI is InChI=1S/C26H25ClN2O6/c1-15(30)29-21-11-10-17(27)12-18(21)26(23(29)32)13-16-8-6-7-9-20(16)28(14-19(26)22(31)34-5)24(33)35-25(2,3)4/h6-12,14H,13H2,1-5H3. The molecule has 8 nitrogen and oxygen atoms in total. The van der Waals surface area contributed by atoms with Crippen LogP contribution in [0.2, 0.25) is 5.02 Å². The van der Waals surface area contributed by atoms with Crippen LogP contribution < -0.4 is 9.80 Å². The summed E-state index contributed by atoms with van der Waals surface area (Å²) in [5, 5.41) is 0.326. The molecule has 0 aliphatic carbocycles. The Morgan fingerprint density at radius 3 is 2.37 bits per heavy atom. The molecule has 182 valence electrons. The van der Waals surface area contributed by atoms with E-state index in [1.165, 1.54) is 25.1 Å². The first-order chi connectivity index (χ1) is 16.4. The van der Waals surface area contributed by atoms with Gasteiger partial charge in [0.25, 0.3) is 0 Å². The van der Waals surface area contributed by atoms with Crippen molar-refractivity contribution in [1.29, 1.82) is 0 Å². The first-order valence-corrected chi connectivity index (χ1v) is 11.3. The summed E-state index contributed by atoms with van der Waals surface area (Å²) < 4.78 is 10.7. The van der Waals surface area contributed by atoms with Crippen LogP contribution in [0, 0.1) is 0 Å². The first-order valence-electron chi connectivity index (χ1n) is 11.0. The lowest BCUT2D eigenvalue weighted by Gasteiger charge is -2.29. The number of hydrogen-bond donors (Lipinski definition) is 0. The average molecular weight is 497 g/mol. The fraction of sp³-hybridized carbons (Fsp3) is 0.308. The number of ether oxygens (including phenoxy) is 2. The average Bonchev–Trinajstić information content (AvgIpc) is 2.91. The van der Waals surface area contributed by atoms with Crippen LogP contribution in [0.5, 0.6) is 0 Å². The number of benzene rings is 2. The van der Waals surface area contributed by atoms with Gasteiger partial charge in [-0.25, -0.2) is 14.5 Å². The molecule has 0 saturated heterocycles. The number of amides is 3. The third-order valence-electron chi connectivity index (χ3n) is 5.96. The third kappa shape index (κ3) is 3.97. The predicted octanol–water partition coefficient (Wildman–Crippen LogP) is 4.53. The SMILES string of the molecule is COC(=O)C1=CN(C(=O)OC(C)(C)C)c2ccccc2CC12C(=O)N(C(C)=O)c1ccc(Cl)cc12. The highest BCUT2D eigenvalue weighted by atomic mass is 35.5. The quantitative estimate of drug-likeness (QED) is 0.539.